The van der Waals surface area contributed by atoms with Crippen molar-refractivity contribution in [3.63, 3.8) is 0 Å². The van der Waals surface area contributed by atoms with Crippen molar-refractivity contribution in [2.75, 3.05) is 5.73 Å². The van der Waals surface area contributed by atoms with Gasteiger partial charge in [-0.25, -0.2) is 0 Å². The molecule has 0 saturated carbocycles. The van der Waals surface area contributed by atoms with Crippen molar-refractivity contribution in [3.8, 4) is 0 Å². The molecule has 2 rings (SSSR count). The molecule has 0 bridgehead atoms. The molecular formula is C14H19N3S. The molecule has 2 N–H and O–H groups in total. The first kappa shape index (κ1) is 13.0. The largest absolute Gasteiger partial charge is 0.398 e. The number of nitrogens with two attached hydrogens (primary N) is 1. The molecule has 18 heavy (non-hydrogen) atoms. The van der Waals surface area contributed by atoms with E-state index >= 15 is 0 Å². The van der Waals surface area contributed by atoms with Gasteiger partial charge in [0, 0.05) is 28.6 Å². The number of para-hydroxylation sites is 1. The van der Waals surface area contributed by atoms with E-state index in [0.29, 0.717) is 6.04 Å². The molecule has 0 spiro atoms. The minimum atomic E-state index is 0.410. The molecule has 0 saturated heterocycles. The molecule has 2 aromatic rings. The third kappa shape index (κ3) is 2.88. The van der Waals surface area contributed by atoms with Gasteiger partial charge in [0.2, 0.25) is 0 Å². The van der Waals surface area contributed by atoms with Crippen molar-refractivity contribution >= 4 is 17.4 Å². The standard InChI is InChI=1S/C14H19N3S/c1-10(2)17-8-7-12(16-17)9-18-13-6-4-5-11(3)14(13)15/h4-8,10H,9,15H2,1-3H3. The normalized spacial score (nSPS) is 11.1. The van der Waals surface area contributed by atoms with Crippen LogP contribution in [0.2, 0.25) is 0 Å². The van der Waals surface area contributed by atoms with E-state index in [4.69, 9.17) is 5.73 Å². The van der Waals surface area contributed by atoms with Crippen LogP contribution in [-0.2, 0) is 5.75 Å². The predicted molar refractivity (Wildman–Crippen MR) is 77.8 cm³/mol. The molecule has 1 aromatic carbocycles. The SMILES string of the molecule is Cc1cccc(SCc2ccn(C(C)C)n2)c1N. The Hall–Kier alpha value is -1.42. The van der Waals surface area contributed by atoms with E-state index < -0.39 is 0 Å². The summed E-state index contributed by atoms with van der Waals surface area (Å²) in [6.07, 6.45) is 2.03. The zero-order valence-electron chi connectivity index (χ0n) is 11.1. The van der Waals surface area contributed by atoms with Crippen LogP contribution in [0.4, 0.5) is 5.69 Å². The molecular weight excluding hydrogens is 242 g/mol. The number of benzene rings is 1. The van der Waals surface area contributed by atoms with Crippen LogP contribution in [0.15, 0.2) is 35.4 Å². The van der Waals surface area contributed by atoms with E-state index in [2.05, 4.69) is 31.1 Å². The van der Waals surface area contributed by atoms with Gasteiger partial charge in [0.05, 0.1) is 5.69 Å². The van der Waals surface area contributed by atoms with Gasteiger partial charge in [0.25, 0.3) is 0 Å². The first-order chi connectivity index (χ1) is 8.58. The van der Waals surface area contributed by atoms with Crippen molar-refractivity contribution in [1.29, 1.82) is 0 Å². The van der Waals surface area contributed by atoms with Crippen LogP contribution in [0.3, 0.4) is 0 Å². The van der Waals surface area contributed by atoms with Crippen molar-refractivity contribution in [1.82, 2.24) is 9.78 Å². The van der Waals surface area contributed by atoms with Crippen molar-refractivity contribution in [3.05, 3.63) is 41.7 Å². The predicted octanol–water partition coefficient (Wildman–Crippen LogP) is 3.65. The third-order valence-corrected chi connectivity index (χ3v) is 3.96. The number of thioether (sulfide) groups is 1. The zero-order chi connectivity index (χ0) is 13.1. The Balaban J connectivity index is 2.04. The number of aryl methyl sites for hydroxylation is 1. The van der Waals surface area contributed by atoms with Crippen molar-refractivity contribution in [2.24, 2.45) is 0 Å². The molecule has 3 nitrogen and oxygen atoms in total. The molecule has 0 aliphatic carbocycles. The van der Waals surface area contributed by atoms with Crippen LogP contribution < -0.4 is 5.73 Å². The van der Waals surface area contributed by atoms with Crippen LogP contribution in [0.25, 0.3) is 0 Å². The molecule has 0 aliphatic heterocycles. The maximum absolute atomic E-state index is 6.05. The Bertz CT molecular complexity index is 532. The Morgan fingerprint density at radius 1 is 1.33 bits per heavy atom. The average Bonchev–Trinajstić information content (AvgIpc) is 2.80. The first-order valence-electron chi connectivity index (χ1n) is 6.10. The van der Waals surface area contributed by atoms with Gasteiger partial charge in [0.15, 0.2) is 0 Å². The number of hydrogen-bond donors (Lipinski definition) is 1. The fourth-order valence-electron chi connectivity index (χ4n) is 1.67. The van der Waals surface area contributed by atoms with Gasteiger partial charge < -0.3 is 5.73 Å². The van der Waals surface area contributed by atoms with E-state index in [9.17, 15) is 0 Å². The maximum atomic E-state index is 6.05. The lowest BCUT2D eigenvalue weighted by Crippen LogP contribution is -2.01. The summed E-state index contributed by atoms with van der Waals surface area (Å²) in [5.74, 6) is 0.855. The summed E-state index contributed by atoms with van der Waals surface area (Å²) in [6.45, 7) is 6.29. The summed E-state index contributed by atoms with van der Waals surface area (Å²) < 4.78 is 1.98. The third-order valence-electron chi connectivity index (χ3n) is 2.85. The van der Waals surface area contributed by atoms with Gasteiger partial charge in [-0.2, -0.15) is 5.10 Å². The Morgan fingerprint density at radius 2 is 2.11 bits per heavy atom. The highest BCUT2D eigenvalue weighted by atomic mass is 32.2. The Kier molecular flexibility index (Phi) is 3.97. The van der Waals surface area contributed by atoms with Gasteiger partial charge in [-0.05, 0) is 38.5 Å². The lowest BCUT2D eigenvalue weighted by atomic mass is 10.2. The second kappa shape index (κ2) is 5.48. The molecule has 0 amide bonds. The van der Waals surface area contributed by atoms with Crippen LogP contribution in [0.1, 0.15) is 31.1 Å². The fraction of sp³-hybridized carbons (Fsp3) is 0.357. The molecule has 0 atom stereocenters. The van der Waals surface area contributed by atoms with Gasteiger partial charge in [0.1, 0.15) is 0 Å². The average molecular weight is 261 g/mol. The fourth-order valence-corrected chi connectivity index (χ4v) is 2.62. The van der Waals surface area contributed by atoms with E-state index in [-0.39, 0.29) is 0 Å². The lowest BCUT2D eigenvalue weighted by Gasteiger charge is -2.07. The number of aromatic nitrogens is 2. The van der Waals surface area contributed by atoms with Crippen LogP contribution >= 0.6 is 11.8 Å². The minimum absolute atomic E-state index is 0.410. The summed E-state index contributed by atoms with van der Waals surface area (Å²) in [4.78, 5) is 1.13. The quantitative estimate of drug-likeness (QED) is 0.675. The zero-order valence-corrected chi connectivity index (χ0v) is 11.9. The molecule has 4 heteroatoms. The van der Waals surface area contributed by atoms with Gasteiger partial charge >= 0.3 is 0 Å². The van der Waals surface area contributed by atoms with Crippen LogP contribution in [0.5, 0.6) is 0 Å². The van der Waals surface area contributed by atoms with E-state index in [0.717, 1.165) is 27.6 Å². The van der Waals surface area contributed by atoms with E-state index in [1.54, 1.807) is 11.8 Å². The number of anilines is 1. The molecule has 1 aromatic heterocycles. The molecule has 0 unspecified atom stereocenters. The minimum Gasteiger partial charge on any atom is -0.398 e. The molecule has 0 radical (unpaired) electrons. The highest BCUT2D eigenvalue weighted by molar-refractivity contribution is 7.98. The van der Waals surface area contributed by atoms with Crippen LogP contribution in [0, 0.1) is 6.92 Å². The molecule has 1 heterocycles. The Labute approximate surface area is 112 Å². The summed E-state index contributed by atoms with van der Waals surface area (Å²) >= 11 is 1.74. The number of nitrogens with zero attached hydrogens (tertiary/aromatic N) is 2. The second-order valence-corrected chi connectivity index (χ2v) is 5.67. The smallest absolute Gasteiger partial charge is 0.0727 e. The molecule has 0 fully saturated rings. The van der Waals surface area contributed by atoms with Crippen molar-refractivity contribution < 1.29 is 0 Å². The molecule has 96 valence electrons. The monoisotopic (exact) mass is 261 g/mol. The summed E-state index contributed by atoms with van der Waals surface area (Å²) in [6, 6.07) is 8.62. The van der Waals surface area contributed by atoms with Gasteiger partial charge in [-0.3, -0.25) is 4.68 Å². The van der Waals surface area contributed by atoms with E-state index in [1.165, 1.54) is 0 Å². The maximum Gasteiger partial charge on any atom is 0.0727 e. The van der Waals surface area contributed by atoms with Gasteiger partial charge in [-0.15, -0.1) is 11.8 Å². The summed E-state index contributed by atoms with van der Waals surface area (Å²) in [5, 5.41) is 4.53. The highest BCUT2D eigenvalue weighted by Crippen LogP contribution is 2.29. The number of nitrogen functional groups attached to an aromatic ring is 1. The summed E-state index contributed by atoms with van der Waals surface area (Å²) in [5.41, 5.74) is 9.16. The van der Waals surface area contributed by atoms with Crippen LogP contribution in [-0.4, -0.2) is 9.78 Å². The number of rotatable bonds is 4. The second-order valence-electron chi connectivity index (χ2n) is 4.66. The lowest BCUT2D eigenvalue weighted by molar-refractivity contribution is 0.529. The highest BCUT2D eigenvalue weighted by Gasteiger charge is 2.05. The van der Waals surface area contributed by atoms with Gasteiger partial charge in [-0.1, -0.05) is 12.1 Å². The summed E-state index contributed by atoms with van der Waals surface area (Å²) in [7, 11) is 0. The Morgan fingerprint density at radius 3 is 2.78 bits per heavy atom. The topological polar surface area (TPSA) is 43.8 Å². The van der Waals surface area contributed by atoms with Crippen molar-refractivity contribution in [2.45, 2.75) is 37.5 Å². The number of hydrogen-bond acceptors (Lipinski definition) is 3. The molecule has 0 aliphatic rings. The van der Waals surface area contributed by atoms with E-state index in [1.807, 2.05) is 29.9 Å². The first-order valence-corrected chi connectivity index (χ1v) is 7.08.